The van der Waals surface area contributed by atoms with Crippen LogP contribution in [0, 0.1) is 5.92 Å². The summed E-state index contributed by atoms with van der Waals surface area (Å²) >= 11 is 1.11. The highest BCUT2D eigenvalue weighted by atomic mass is 32.2. The van der Waals surface area contributed by atoms with Gasteiger partial charge in [-0.25, -0.2) is 0 Å². The first-order chi connectivity index (χ1) is 10.7. The van der Waals surface area contributed by atoms with Crippen LogP contribution in [0.4, 0.5) is 18.9 Å². The Morgan fingerprint density at radius 3 is 2.70 bits per heavy atom. The Kier molecular flexibility index (Phi) is 5.23. The largest absolute Gasteiger partial charge is 0.416 e. The zero-order valence-corrected chi connectivity index (χ0v) is 13.5. The Hall–Kier alpha value is -1.70. The van der Waals surface area contributed by atoms with E-state index in [2.05, 4.69) is 10.6 Å². The lowest BCUT2D eigenvalue weighted by atomic mass is 10.1. The molecule has 2 rings (SSSR count). The lowest BCUT2D eigenvalue weighted by Gasteiger charge is -2.24. The van der Waals surface area contributed by atoms with Gasteiger partial charge in [0.05, 0.1) is 16.5 Å². The van der Waals surface area contributed by atoms with Crippen molar-refractivity contribution in [1.29, 1.82) is 0 Å². The number of nitrogens with one attached hydrogen (secondary N) is 2. The molecule has 1 aliphatic rings. The van der Waals surface area contributed by atoms with E-state index in [0.29, 0.717) is 17.4 Å². The predicted octanol–water partition coefficient (Wildman–Crippen LogP) is 3.28. The van der Waals surface area contributed by atoms with Crippen molar-refractivity contribution >= 4 is 29.3 Å². The smallest absolute Gasteiger partial charge is 0.356 e. The van der Waals surface area contributed by atoms with Gasteiger partial charge in [0, 0.05) is 17.9 Å². The number of carbonyl (C=O) groups is 2. The van der Waals surface area contributed by atoms with Crippen molar-refractivity contribution in [3.8, 4) is 0 Å². The normalized spacial score (nSPS) is 17.7. The number of thioether (sulfide) groups is 1. The standard InChI is InChI=1S/C15H17F3N2O2S/c1-8(2)7-19-13(21)6-12-14(22)20-10-5-9(15(16,17)18)3-4-11(10)23-12/h3-5,8,12H,6-7H2,1-2H3,(H,19,21)(H,20,22)/t12-/m1/s1. The molecule has 1 aromatic carbocycles. The Balaban J connectivity index is 2.06. The molecule has 2 N–H and O–H groups in total. The Morgan fingerprint density at radius 2 is 2.09 bits per heavy atom. The number of benzene rings is 1. The summed E-state index contributed by atoms with van der Waals surface area (Å²) in [6, 6.07) is 3.20. The van der Waals surface area contributed by atoms with Gasteiger partial charge < -0.3 is 10.6 Å². The van der Waals surface area contributed by atoms with Crippen LogP contribution in [0.25, 0.3) is 0 Å². The number of hydrogen-bond acceptors (Lipinski definition) is 3. The van der Waals surface area contributed by atoms with Crippen LogP contribution in [-0.2, 0) is 15.8 Å². The van der Waals surface area contributed by atoms with E-state index in [1.807, 2.05) is 13.8 Å². The molecule has 23 heavy (non-hydrogen) atoms. The minimum absolute atomic E-state index is 0.0102. The summed E-state index contributed by atoms with van der Waals surface area (Å²) in [5, 5.41) is 4.53. The third kappa shape index (κ3) is 4.63. The van der Waals surface area contributed by atoms with Crippen molar-refractivity contribution in [3.05, 3.63) is 23.8 Å². The highest BCUT2D eigenvalue weighted by molar-refractivity contribution is 8.01. The molecule has 0 aromatic heterocycles. The van der Waals surface area contributed by atoms with Gasteiger partial charge >= 0.3 is 6.18 Å². The molecule has 4 nitrogen and oxygen atoms in total. The van der Waals surface area contributed by atoms with Crippen LogP contribution in [0.5, 0.6) is 0 Å². The minimum Gasteiger partial charge on any atom is -0.356 e. The van der Waals surface area contributed by atoms with Gasteiger partial charge in [-0.15, -0.1) is 11.8 Å². The summed E-state index contributed by atoms with van der Waals surface area (Å²) in [5.41, 5.74) is -0.682. The summed E-state index contributed by atoms with van der Waals surface area (Å²) in [4.78, 5) is 24.3. The molecule has 126 valence electrons. The second-order valence-corrected chi connectivity index (χ2v) is 6.95. The van der Waals surface area contributed by atoms with Gasteiger partial charge in [0.2, 0.25) is 11.8 Å². The molecule has 0 saturated heterocycles. The fraction of sp³-hybridized carbons (Fsp3) is 0.467. The van der Waals surface area contributed by atoms with Crippen molar-refractivity contribution in [1.82, 2.24) is 5.32 Å². The van der Waals surface area contributed by atoms with E-state index in [1.54, 1.807) is 0 Å². The second-order valence-electron chi connectivity index (χ2n) is 5.71. The van der Waals surface area contributed by atoms with Gasteiger partial charge in [-0.05, 0) is 24.1 Å². The van der Waals surface area contributed by atoms with Gasteiger partial charge in [-0.1, -0.05) is 13.8 Å². The molecule has 0 spiro atoms. The number of anilines is 1. The lowest BCUT2D eigenvalue weighted by Crippen LogP contribution is -2.36. The highest BCUT2D eigenvalue weighted by Gasteiger charge is 2.34. The van der Waals surface area contributed by atoms with E-state index in [1.165, 1.54) is 6.07 Å². The van der Waals surface area contributed by atoms with Gasteiger partial charge in [0.1, 0.15) is 0 Å². The highest BCUT2D eigenvalue weighted by Crippen LogP contribution is 2.40. The first-order valence-electron chi connectivity index (χ1n) is 7.12. The maximum absolute atomic E-state index is 12.7. The molecule has 0 unspecified atom stereocenters. The average molecular weight is 346 g/mol. The van der Waals surface area contributed by atoms with E-state index in [4.69, 9.17) is 0 Å². The molecule has 0 aliphatic carbocycles. The fourth-order valence-electron chi connectivity index (χ4n) is 2.02. The molecule has 1 heterocycles. The summed E-state index contributed by atoms with van der Waals surface area (Å²) < 4.78 is 38.0. The number of fused-ring (bicyclic) bond motifs is 1. The van der Waals surface area contributed by atoms with Crippen LogP contribution >= 0.6 is 11.8 Å². The molecule has 1 atom stereocenters. The monoisotopic (exact) mass is 346 g/mol. The SMILES string of the molecule is CC(C)CNC(=O)C[C@H]1Sc2ccc(C(F)(F)F)cc2NC1=O. The Morgan fingerprint density at radius 1 is 1.39 bits per heavy atom. The molecule has 0 bridgehead atoms. The van der Waals surface area contributed by atoms with E-state index < -0.39 is 22.9 Å². The number of hydrogen-bond donors (Lipinski definition) is 2. The number of halogens is 3. The van der Waals surface area contributed by atoms with Crippen LogP contribution in [0.3, 0.4) is 0 Å². The lowest BCUT2D eigenvalue weighted by molar-refractivity contribution is -0.137. The van der Waals surface area contributed by atoms with E-state index in [-0.39, 0.29) is 18.0 Å². The van der Waals surface area contributed by atoms with Crippen molar-refractivity contribution in [2.75, 3.05) is 11.9 Å². The third-order valence-corrected chi connectivity index (χ3v) is 4.48. The second kappa shape index (κ2) is 6.82. The number of amides is 2. The van der Waals surface area contributed by atoms with Crippen molar-refractivity contribution < 1.29 is 22.8 Å². The van der Waals surface area contributed by atoms with Crippen molar-refractivity contribution in [3.63, 3.8) is 0 Å². The first-order valence-corrected chi connectivity index (χ1v) is 8.00. The maximum atomic E-state index is 12.7. The molecule has 0 fully saturated rings. The zero-order chi connectivity index (χ0) is 17.2. The average Bonchev–Trinajstić information content (AvgIpc) is 2.44. The Bertz CT molecular complexity index is 617. The first kappa shape index (κ1) is 17.7. The molecule has 1 aliphatic heterocycles. The fourth-order valence-corrected chi connectivity index (χ4v) is 3.11. The van der Waals surface area contributed by atoms with Crippen LogP contribution in [0.2, 0.25) is 0 Å². The van der Waals surface area contributed by atoms with E-state index >= 15 is 0 Å². The Labute approximate surface area is 136 Å². The molecular formula is C15H17F3N2O2S. The minimum atomic E-state index is -4.46. The summed E-state index contributed by atoms with van der Waals surface area (Å²) in [7, 11) is 0. The topological polar surface area (TPSA) is 58.2 Å². The molecule has 0 radical (unpaired) electrons. The molecule has 8 heteroatoms. The molecule has 2 amide bonds. The number of alkyl halides is 3. The summed E-state index contributed by atoms with van der Waals surface area (Å²) in [6.45, 7) is 4.43. The van der Waals surface area contributed by atoms with Crippen molar-refractivity contribution in [2.24, 2.45) is 5.92 Å². The van der Waals surface area contributed by atoms with Gasteiger partial charge in [0.15, 0.2) is 0 Å². The molecule has 0 saturated carbocycles. The van der Waals surface area contributed by atoms with Crippen LogP contribution in [-0.4, -0.2) is 23.6 Å². The van der Waals surface area contributed by atoms with Gasteiger partial charge in [0.25, 0.3) is 0 Å². The summed E-state index contributed by atoms with van der Waals surface area (Å²) in [6.07, 6.45) is -4.47. The van der Waals surface area contributed by atoms with Gasteiger partial charge in [-0.2, -0.15) is 13.2 Å². The van der Waals surface area contributed by atoms with E-state index in [9.17, 15) is 22.8 Å². The van der Waals surface area contributed by atoms with E-state index in [0.717, 1.165) is 23.9 Å². The maximum Gasteiger partial charge on any atom is 0.416 e. The number of carbonyl (C=O) groups excluding carboxylic acids is 2. The van der Waals surface area contributed by atoms with Gasteiger partial charge in [-0.3, -0.25) is 9.59 Å². The van der Waals surface area contributed by atoms with Crippen LogP contribution in [0.15, 0.2) is 23.1 Å². The summed E-state index contributed by atoms with van der Waals surface area (Å²) in [5.74, 6) is -0.406. The third-order valence-electron chi connectivity index (χ3n) is 3.20. The quantitative estimate of drug-likeness (QED) is 0.880. The predicted molar refractivity (Wildman–Crippen MR) is 82.2 cm³/mol. The zero-order valence-electron chi connectivity index (χ0n) is 12.7. The van der Waals surface area contributed by atoms with Crippen molar-refractivity contribution in [2.45, 2.75) is 36.6 Å². The molecule has 1 aromatic rings. The van der Waals surface area contributed by atoms with Crippen LogP contribution < -0.4 is 10.6 Å². The van der Waals surface area contributed by atoms with Crippen LogP contribution in [0.1, 0.15) is 25.8 Å². The number of rotatable bonds is 4. The molecular weight excluding hydrogens is 329 g/mol.